The quantitative estimate of drug-likeness (QED) is 0.532. The molecule has 2 unspecified atom stereocenters. The van der Waals surface area contributed by atoms with Gasteiger partial charge < -0.3 is 9.64 Å². The van der Waals surface area contributed by atoms with E-state index in [0.717, 1.165) is 30.8 Å². The summed E-state index contributed by atoms with van der Waals surface area (Å²) in [6.07, 6.45) is 4.03. The number of rotatable bonds is 6. The van der Waals surface area contributed by atoms with E-state index < -0.39 is 0 Å². The van der Waals surface area contributed by atoms with Crippen LogP contribution in [0.25, 0.3) is 0 Å². The molecule has 4 rings (SSSR count). The van der Waals surface area contributed by atoms with Gasteiger partial charge in [-0.2, -0.15) is 0 Å². The average Bonchev–Trinajstić information content (AvgIpc) is 3.41. The monoisotopic (exact) mass is 413 g/mol. The molecule has 8 heteroatoms. The van der Waals surface area contributed by atoms with Crippen molar-refractivity contribution in [2.45, 2.75) is 62.1 Å². The van der Waals surface area contributed by atoms with Crippen LogP contribution < -0.4 is 4.90 Å². The van der Waals surface area contributed by atoms with Crippen molar-refractivity contribution in [2.24, 2.45) is 0 Å². The highest BCUT2D eigenvalue weighted by molar-refractivity contribution is 8.00. The molecular formula is C21H27N5O2S. The number of likely N-dealkylation sites (N-methyl/N-ethyl adjacent to an activating group) is 1. The summed E-state index contributed by atoms with van der Waals surface area (Å²) < 4.78 is 7.43. The lowest BCUT2D eigenvalue weighted by molar-refractivity contribution is -0.114. The van der Waals surface area contributed by atoms with E-state index in [1.807, 2.05) is 26.1 Å². The second-order valence-electron chi connectivity index (χ2n) is 8.17. The number of anilines is 1. The van der Waals surface area contributed by atoms with Crippen LogP contribution in [0, 0.1) is 0 Å². The van der Waals surface area contributed by atoms with E-state index in [4.69, 9.17) is 4.74 Å². The van der Waals surface area contributed by atoms with Gasteiger partial charge in [-0.1, -0.05) is 43.8 Å². The van der Waals surface area contributed by atoms with Crippen LogP contribution in [0.2, 0.25) is 0 Å². The van der Waals surface area contributed by atoms with Crippen LogP contribution in [0.3, 0.4) is 0 Å². The maximum atomic E-state index is 13.0. The second-order valence-corrected chi connectivity index (χ2v) is 9.48. The van der Waals surface area contributed by atoms with Crippen LogP contribution in [0.5, 0.6) is 0 Å². The number of para-hydroxylation sites is 1. The molecule has 0 aliphatic carbocycles. The van der Waals surface area contributed by atoms with Gasteiger partial charge in [0.05, 0.1) is 17.9 Å². The Kier molecular flexibility index (Phi) is 5.48. The zero-order valence-electron chi connectivity index (χ0n) is 17.3. The summed E-state index contributed by atoms with van der Waals surface area (Å²) >= 11 is 1.40. The Labute approximate surface area is 175 Å². The van der Waals surface area contributed by atoms with E-state index in [2.05, 4.69) is 46.4 Å². The molecule has 2 aromatic rings. The van der Waals surface area contributed by atoms with Gasteiger partial charge in [-0.05, 0) is 41.8 Å². The van der Waals surface area contributed by atoms with Gasteiger partial charge in [0.25, 0.3) is 0 Å². The number of nitrogens with zero attached hydrogens (tertiary/aromatic N) is 5. The van der Waals surface area contributed by atoms with Crippen molar-refractivity contribution in [3.05, 3.63) is 41.6 Å². The molecular weight excluding hydrogens is 386 g/mol. The summed E-state index contributed by atoms with van der Waals surface area (Å²) in [6, 6.07) is 8.31. The van der Waals surface area contributed by atoms with Crippen LogP contribution in [0.1, 0.15) is 39.2 Å². The zero-order valence-corrected chi connectivity index (χ0v) is 18.1. The molecule has 2 aliphatic heterocycles. The average molecular weight is 414 g/mol. The number of fused-ring (bicyclic) bond motifs is 1. The van der Waals surface area contributed by atoms with Gasteiger partial charge in [0.2, 0.25) is 5.16 Å². The molecule has 1 aromatic heterocycles. The van der Waals surface area contributed by atoms with Gasteiger partial charge in [-0.15, -0.1) is 5.10 Å². The smallest absolute Gasteiger partial charge is 0.210 e. The first-order valence-electron chi connectivity index (χ1n) is 10.0. The fraction of sp³-hybridized carbons (Fsp3) is 0.524. The Morgan fingerprint density at radius 3 is 2.93 bits per heavy atom. The number of thioether (sulfide) groups is 1. The highest BCUT2D eigenvalue weighted by Crippen LogP contribution is 2.46. The molecule has 0 radical (unpaired) electrons. The minimum atomic E-state index is -0.287. The number of benzene rings is 1. The number of allylic oxidation sites excluding steroid dienone is 2. The van der Waals surface area contributed by atoms with Gasteiger partial charge in [0.15, 0.2) is 5.78 Å². The molecule has 154 valence electrons. The predicted molar refractivity (Wildman–Crippen MR) is 113 cm³/mol. The number of carbonyl (C=O) groups is 1. The molecule has 2 atom stereocenters. The summed E-state index contributed by atoms with van der Waals surface area (Å²) in [6.45, 7) is 7.65. The van der Waals surface area contributed by atoms with Gasteiger partial charge in [0, 0.05) is 36.5 Å². The third-order valence-corrected chi connectivity index (χ3v) is 6.89. The largest absolute Gasteiger partial charge is 0.376 e. The van der Waals surface area contributed by atoms with E-state index in [1.165, 1.54) is 17.3 Å². The Morgan fingerprint density at radius 1 is 1.41 bits per heavy atom. The molecule has 1 aromatic carbocycles. The Morgan fingerprint density at radius 2 is 2.21 bits per heavy atom. The zero-order chi connectivity index (χ0) is 20.6. The third kappa shape index (κ3) is 3.83. The van der Waals surface area contributed by atoms with Crippen LogP contribution >= 0.6 is 11.8 Å². The van der Waals surface area contributed by atoms with Crippen LogP contribution in [-0.2, 0) is 21.5 Å². The number of carbonyl (C=O) groups excluding carboxylic acids is 1. The van der Waals surface area contributed by atoms with E-state index >= 15 is 0 Å². The van der Waals surface area contributed by atoms with E-state index in [9.17, 15) is 4.79 Å². The fourth-order valence-corrected chi connectivity index (χ4v) is 4.92. The predicted octanol–water partition coefficient (Wildman–Crippen LogP) is 3.21. The van der Waals surface area contributed by atoms with Crippen molar-refractivity contribution < 1.29 is 9.53 Å². The number of ketones is 1. The minimum Gasteiger partial charge on any atom is -0.376 e. The molecule has 7 nitrogen and oxygen atoms in total. The molecule has 29 heavy (non-hydrogen) atoms. The van der Waals surface area contributed by atoms with Crippen molar-refractivity contribution in [2.75, 3.05) is 18.6 Å². The molecule has 0 amide bonds. The number of aromatic nitrogens is 4. The standard InChI is InChI=1S/C21H27N5O2S/c1-14(29-20-22-23-24-26(20)13-15-8-7-11-28-15)18(27)12-19-21(2,3)16-9-5-6-10-17(16)25(19)4/h5-6,9-10,12,14-15H,7-8,11,13H2,1-4H3/b19-12-. The number of tetrazole rings is 1. The van der Waals surface area contributed by atoms with Gasteiger partial charge in [-0.25, -0.2) is 4.68 Å². The maximum absolute atomic E-state index is 13.0. The lowest BCUT2D eigenvalue weighted by atomic mass is 9.83. The SMILES string of the molecule is CC(Sc1nnnn1CC1CCCO1)C(=O)/C=C1\N(C)c2ccccc2C1(C)C. The maximum Gasteiger partial charge on any atom is 0.210 e. The molecule has 1 fully saturated rings. The molecule has 0 saturated carbocycles. The summed E-state index contributed by atoms with van der Waals surface area (Å²) in [5, 5.41) is 12.4. The molecule has 3 heterocycles. The fourth-order valence-electron chi connectivity index (χ4n) is 4.10. The number of hydrogen-bond donors (Lipinski definition) is 0. The Hall–Kier alpha value is -2.19. The van der Waals surface area contributed by atoms with Crippen LogP contribution in [-0.4, -0.2) is 51.0 Å². The summed E-state index contributed by atoms with van der Waals surface area (Å²) in [7, 11) is 2.02. The first kappa shape index (κ1) is 20.1. The first-order chi connectivity index (χ1) is 13.9. The van der Waals surface area contributed by atoms with E-state index in [-0.39, 0.29) is 22.6 Å². The Bertz CT molecular complexity index is 933. The molecule has 0 spiro atoms. The van der Waals surface area contributed by atoms with Crippen molar-refractivity contribution in [3.8, 4) is 0 Å². The molecule has 0 N–H and O–H groups in total. The van der Waals surface area contributed by atoms with Gasteiger partial charge in [-0.3, -0.25) is 4.79 Å². The number of hydrogen-bond acceptors (Lipinski definition) is 7. The van der Waals surface area contributed by atoms with Crippen LogP contribution in [0.4, 0.5) is 5.69 Å². The minimum absolute atomic E-state index is 0.0596. The summed E-state index contributed by atoms with van der Waals surface area (Å²) in [4.78, 5) is 15.2. The van der Waals surface area contributed by atoms with Crippen LogP contribution in [0.15, 0.2) is 41.2 Å². The van der Waals surface area contributed by atoms with Crippen molar-refractivity contribution in [3.63, 3.8) is 0 Å². The Balaban J connectivity index is 1.49. The second kappa shape index (κ2) is 7.91. The summed E-state index contributed by atoms with van der Waals surface area (Å²) in [5.41, 5.74) is 3.18. The molecule has 2 aliphatic rings. The highest BCUT2D eigenvalue weighted by atomic mass is 32.2. The molecule has 1 saturated heterocycles. The number of ether oxygens (including phenoxy) is 1. The lowest BCUT2D eigenvalue weighted by Gasteiger charge is -2.24. The van der Waals surface area contributed by atoms with Gasteiger partial charge >= 0.3 is 0 Å². The highest BCUT2D eigenvalue weighted by Gasteiger charge is 2.38. The van der Waals surface area contributed by atoms with Crippen molar-refractivity contribution in [1.29, 1.82) is 0 Å². The third-order valence-electron chi connectivity index (χ3n) is 5.80. The normalized spacial score (nSPS) is 22.8. The van der Waals surface area contributed by atoms with Crippen molar-refractivity contribution in [1.82, 2.24) is 20.2 Å². The topological polar surface area (TPSA) is 73.1 Å². The first-order valence-corrected chi connectivity index (χ1v) is 10.9. The van der Waals surface area contributed by atoms with E-state index in [1.54, 1.807) is 10.8 Å². The van der Waals surface area contributed by atoms with Crippen molar-refractivity contribution >= 4 is 23.2 Å². The van der Waals surface area contributed by atoms with E-state index in [0.29, 0.717) is 11.7 Å². The lowest BCUT2D eigenvalue weighted by Crippen LogP contribution is -2.25. The van der Waals surface area contributed by atoms with Gasteiger partial charge in [0.1, 0.15) is 0 Å². The summed E-state index contributed by atoms with van der Waals surface area (Å²) in [5.74, 6) is 0.0596. The molecule has 0 bridgehead atoms.